The number of furan rings is 1. The van der Waals surface area contributed by atoms with Crippen LogP contribution in [-0.4, -0.2) is 13.1 Å². The first-order valence-corrected chi connectivity index (χ1v) is 5.38. The number of hydrogen-bond acceptors (Lipinski definition) is 3. The van der Waals surface area contributed by atoms with Gasteiger partial charge in [0.05, 0.1) is 7.11 Å². The van der Waals surface area contributed by atoms with E-state index in [-0.39, 0.29) is 5.76 Å². The monoisotopic (exact) mass is 230 g/mol. The van der Waals surface area contributed by atoms with Crippen LogP contribution in [0.1, 0.15) is 21.7 Å². The SMILES string of the molecule is COC(=O)c1ccc(-c2cccc(C)c2C)o1. The summed E-state index contributed by atoms with van der Waals surface area (Å²) in [5.41, 5.74) is 3.34. The summed E-state index contributed by atoms with van der Waals surface area (Å²) in [6.07, 6.45) is 0. The minimum absolute atomic E-state index is 0.225. The highest BCUT2D eigenvalue weighted by molar-refractivity contribution is 5.87. The summed E-state index contributed by atoms with van der Waals surface area (Å²) in [6.45, 7) is 4.08. The Bertz CT molecular complexity index is 552. The fraction of sp³-hybridized carbons (Fsp3) is 0.214. The van der Waals surface area contributed by atoms with Gasteiger partial charge in [0.15, 0.2) is 0 Å². The highest BCUT2D eigenvalue weighted by Crippen LogP contribution is 2.27. The van der Waals surface area contributed by atoms with Gasteiger partial charge in [0, 0.05) is 5.56 Å². The summed E-state index contributed by atoms with van der Waals surface area (Å²) in [5.74, 6) is 0.455. The third kappa shape index (κ3) is 2.09. The second-order valence-electron chi connectivity index (χ2n) is 3.90. The van der Waals surface area contributed by atoms with Gasteiger partial charge in [-0.25, -0.2) is 4.79 Å². The van der Waals surface area contributed by atoms with E-state index in [4.69, 9.17) is 4.42 Å². The third-order valence-electron chi connectivity index (χ3n) is 2.86. The van der Waals surface area contributed by atoms with Crippen LogP contribution in [-0.2, 0) is 4.74 Å². The first kappa shape index (κ1) is 11.5. The van der Waals surface area contributed by atoms with Crippen LogP contribution in [0.4, 0.5) is 0 Å². The Balaban J connectivity index is 2.44. The van der Waals surface area contributed by atoms with Crippen LogP contribution in [0.15, 0.2) is 34.7 Å². The molecular weight excluding hydrogens is 216 g/mol. The van der Waals surface area contributed by atoms with Crippen molar-refractivity contribution in [2.45, 2.75) is 13.8 Å². The predicted molar refractivity (Wildman–Crippen MR) is 65.0 cm³/mol. The Morgan fingerprint density at radius 2 is 1.94 bits per heavy atom. The molecule has 0 atom stereocenters. The van der Waals surface area contributed by atoms with Gasteiger partial charge in [0.25, 0.3) is 0 Å². The van der Waals surface area contributed by atoms with Crippen molar-refractivity contribution in [2.75, 3.05) is 7.11 Å². The largest absolute Gasteiger partial charge is 0.463 e. The molecule has 0 bridgehead atoms. The lowest BCUT2D eigenvalue weighted by Crippen LogP contribution is -1.98. The van der Waals surface area contributed by atoms with Crippen molar-refractivity contribution in [1.82, 2.24) is 0 Å². The van der Waals surface area contributed by atoms with Gasteiger partial charge in [0.2, 0.25) is 5.76 Å². The van der Waals surface area contributed by atoms with Gasteiger partial charge in [-0.05, 0) is 37.1 Å². The normalized spacial score (nSPS) is 10.3. The Morgan fingerprint density at radius 3 is 2.65 bits per heavy atom. The first-order chi connectivity index (χ1) is 8.13. The molecule has 2 aromatic rings. The molecular formula is C14H14O3. The van der Waals surface area contributed by atoms with Crippen LogP contribution in [0.2, 0.25) is 0 Å². The molecule has 0 N–H and O–H groups in total. The molecule has 0 amide bonds. The Hall–Kier alpha value is -2.03. The molecule has 0 spiro atoms. The standard InChI is InChI=1S/C14H14O3/c1-9-5-4-6-11(10(9)2)12-7-8-13(17-12)14(15)16-3/h4-8H,1-3H3. The smallest absolute Gasteiger partial charge is 0.373 e. The zero-order chi connectivity index (χ0) is 12.4. The van der Waals surface area contributed by atoms with E-state index in [1.807, 2.05) is 32.0 Å². The number of aryl methyl sites for hydroxylation is 1. The fourth-order valence-corrected chi connectivity index (χ4v) is 1.71. The van der Waals surface area contributed by atoms with E-state index in [1.165, 1.54) is 12.7 Å². The van der Waals surface area contributed by atoms with Gasteiger partial charge in [-0.1, -0.05) is 18.2 Å². The predicted octanol–water partition coefficient (Wildman–Crippen LogP) is 3.35. The van der Waals surface area contributed by atoms with Crippen molar-refractivity contribution in [2.24, 2.45) is 0 Å². The molecule has 0 fully saturated rings. The van der Waals surface area contributed by atoms with Gasteiger partial charge < -0.3 is 9.15 Å². The Morgan fingerprint density at radius 1 is 1.18 bits per heavy atom. The molecule has 3 nitrogen and oxygen atoms in total. The summed E-state index contributed by atoms with van der Waals surface area (Å²) < 4.78 is 10.1. The van der Waals surface area contributed by atoms with Crippen molar-refractivity contribution in [3.63, 3.8) is 0 Å². The molecule has 0 aliphatic carbocycles. The number of hydrogen-bond donors (Lipinski definition) is 0. The summed E-state index contributed by atoms with van der Waals surface area (Å²) in [6, 6.07) is 9.40. The minimum atomic E-state index is -0.457. The maximum atomic E-state index is 11.3. The van der Waals surface area contributed by atoms with Crippen LogP contribution in [0.3, 0.4) is 0 Å². The van der Waals surface area contributed by atoms with Gasteiger partial charge in [-0.15, -0.1) is 0 Å². The lowest BCUT2D eigenvalue weighted by molar-refractivity contribution is 0.0566. The van der Waals surface area contributed by atoms with Crippen LogP contribution < -0.4 is 0 Å². The van der Waals surface area contributed by atoms with E-state index in [1.54, 1.807) is 12.1 Å². The molecule has 17 heavy (non-hydrogen) atoms. The highest BCUT2D eigenvalue weighted by atomic mass is 16.5. The zero-order valence-corrected chi connectivity index (χ0v) is 10.1. The third-order valence-corrected chi connectivity index (χ3v) is 2.86. The van der Waals surface area contributed by atoms with Crippen LogP contribution >= 0.6 is 0 Å². The molecule has 88 valence electrons. The van der Waals surface area contributed by atoms with Crippen molar-refractivity contribution in [3.8, 4) is 11.3 Å². The molecule has 0 saturated carbocycles. The molecule has 1 aromatic carbocycles. The number of methoxy groups -OCH3 is 1. The van der Waals surface area contributed by atoms with Crippen LogP contribution in [0.25, 0.3) is 11.3 Å². The highest BCUT2D eigenvalue weighted by Gasteiger charge is 2.13. The van der Waals surface area contributed by atoms with E-state index in [9.17, 15) is 4.79 Å². The topological polar surface area (TPSA) is 39.4 Å². The Kier molecular flexibility index (Phi) is 3.00. The average molecular weight is 230 g/mol. The summed E-state index contributed by atoms with van der Waals surface area (Å²) in [7, 11) is 1.34. The van der Waals surface area contributed by atoms with Gasteiger partial charge >= 0.3 is 5.97 Å². The Labute approximate surface area is 100 Å². The maximum Gasteiger partial charge on any atom is 0.373 e. The average Bonchev–Trinajstić information content (AvgIpc) is 2.81. The van der Waals surface area contributed by atoms with Gasteiger partial charge in [-0.3, -0.25) is 0 Å². The second kappa shape index (κ2) is 4.45. The van der Waals surface area contributed by atoms with Crippen molar-refractivity contribution in [3.05, 3.63) is 47.2 Å². The number of carbonyl (C=O) groups is 1. The van der Waals surface area contributed by atoms with E-state index >= 15 is 0 Å². The fourth-order valence-electron chi connectivity index (χ4n) is 1.71. The van der Waals surface area contributed by atoms with Crippen LogP contribution in [0.5, 0.6) is 0 Å². The minimum Gasteiger partial charge on any atom is -0.463 e. The quantitative estimate of drug-likeness (QED) is 0.743. The second-order valence-corrected chi connectivity index (χ2v) is 3.90. The molecule has 1 heterocycles. The number of esters is 1. The summed E-state index contributed by atoms with van der Waals surface area (Å²) in [5, 5.41) is 0. The molecule has 3 heteroatoms. The van der Waals surface area contributed by atoms with Crippen molar-refractivity contribution >= 4 is 5.97 Å². The number of benzene rings is 1. The summed E-state index contributed by atoms with van der Waals surface area (Å²) >= 11 is 0. The first-order valence-electron chi connectivity index (χ1n) is 5.38. The van der Waals surface area contributed by atoms with E-state index < -0.39 is 5.97 Å². The number of rotatable bonds is 2. The van der Waals surface area contributed by atoms with E-state index in [2.05, 4.69) is 4.74 Å². The molecule has 0 saturated heterocycles. The van der Waals surface area contributed by atoms with Crippen molar-refractivity contribution in [1.29, 1.82) is 0 Å². The molecule has 0 aliphatic rings. The van der Waals surface area contributed by atoms with Crippen LogP contribution in [0, 0.1) is 13.8 Å². The lowest BCUT2D eigenvalue weighted by Gasteiger charge is -2.05. The van der Waals surface area contributed by atoms with Gasteiger partial charge in [0.1, 0.15) is 5.76 Å². The van der Waals surface area contributed by atoms with Gasteiger partial charge in [-0.2, -0.15) is 0 Å². The van der Waals surface area contributed by atoms with Crippen molar-refractivity contribution < 1.29 is 13.9 Å². The maximum absolute atomic E-state index is 11.3. The molecule has 1 aromatic heterocycles. The lowest BCUT2D eigenvalue weighted by atomic mass is 10.0. The van der Waals surface area contributed by atoms with E-state index in [0.29, 0.717) is 5.76 Å². The zero-order valence-electron chi connectivity index (χ0n) is 10.1. The number of ether oxygens (including phenoxy) is 1. The number of carbonyl (C=O) groups excluding carboxylic acids is 1. The van der Waals surface area contributed by atoms with E-state index in [0.717, 1.165) is 11.1 Å². The molecule has 0 radical (unpaired) electrons. The molecule has 0 unspecified atom stereocenters. The molecule has 0 aliphatic heterocycles. The summed E-state index contributed by atoms with van der Waals surface area (Å²) in [4.78, 5) is 11.3. The molecule has 2 rings (SSSR count).